The predicted molar refractivity (Wildman–Crippen MR) is 59.2 cm³/mol. The van der Waals surface area contributed by atoms with Crippen LogP contribution in [-0.2, 0) is 9.53 Å². The van der Waals surface area contributed by atoms with Crippen molar-refractivity contribution in [1.82, 2.24) is 9.97 Å². The van der Waals surface area contributed by atoms with Gasteiger partial charge in [0, 0.05) is 6.61 Å². The van der Waals surface area contributed by atoms with Crippen molar-refractivity contribution in [3.63, 3.8) is 0 Å². The Balaban J connectivity index is 1.99. The second kappa shape index (κ2) is 4.76. The van der Waals surface area contributed by atoms with E-state index in [0.29, 0.717) is 17.6 Å². The highest BCUT2D eigenvalue weighted by Gasteiger charge is 2.30. The number of carbonyl (C=O) groups excluding carboxylic acids is 1. The van der Waals surface area contributed by atoms with E-state index in [9.17, 15) is 4.79 Å². The van der Waals surface area contributed by atoms with Crippen molar-refractivity contribution < 1.29 is 9.53 Å². The van der Waals surface area contributed by atoms with E-state index in [-0.39, 0.29) is 17.9 Å². The van der Waals surface area contributed by atoms with Crippen molar-refractivity contribution in [2.45, 2.75) is 19.4 Å². The highest BCUT2D eigenvalue weighted by molar-refractivity contribution is 6.29. The molecule has 0 radical (unpaired) electrons. The van der Waals surface area contributed by atoms with Gasteiger partial charge in [-0.05, 0) is 13.3 Å². The molecule has 2 atom stereocenters. The monoisotopic (exact) mass is 241 g/mol. The van der Waals surface area contributed by atoms with Crippen molar-refractivity contribution in [1.29, 1.82) is 0 Å². The third-order valence-corrected chi connectivity index (χ3v) is 2.78. The molecule has 0 bridgehead atoms. The fraction of sp³-hybridized carbons (Fsp3) is 0.500. The van der Waals surface area contributed by atoms with Gasteiger partial charge < -0.3 is 10.1 Å². The van der Waals surface area contributed by atoms with E-state index in [4.69, 9.17) is 16.3 Å². The van der Waals surface area contributed by atoms with Gasteiger partial charge in [0.1, 0.15) is 5.15 Å². The summed E-state index contributed by atoms with van der Waals surface area (Å²) < 4.78 is 5.33. The highest BCUT2D eigenvalue weighted by atomic mass is 35.5. The Bertz CT molecular complexity index is 382. The molecule has 0 spiro atoms. The summed E-state index contributed by atoms with van der Waals surface area (Å²) in [5.74, 6) is 0.215. The van der Waals surface area contributed by atoms with Gasteiger partial charge in [-0.1, -0.05) is 11.6 Å². The van der Waals surface area contributed by atoms with Crippen LogP contribution in [0.4, 0.5) is 5.82 Å². The molecule has 1 aliphatic rings. The second-order valence-corrected chi connectivity index (χ2v) is 4.07. The van der Waals surface area contributed by atoms with Crippen molar-refractivity contribution >= 4 is 23.3 Å². The summed E-state index contributed by atoms with van der Waals surface area (Å²) in [4.78, 5) is 19.6. The first-order valence-electron chi connectivity index (χ1n) is 5.07. The number of ether oxygens (including phenoxy) is 1. The molecule has 16 heavy (non-hydrogen) atoms. The molecule has 2 heterocycles. The zero-order valence-corrected chi connectivity index (χ0v) is 9.57. The third-order valence-electron chi connectivity index (χ3n) is 2.58. The van der Waals surface area contributed by atoms with Gasteiger partial charge in [-0.15, -0.1) is 0 Å². The van der Waals surface area contributed by atoms with Crippen molar-refractivity contribution in [2.24, 2.45) is 5.92 Å². The van der Waals surface area contributed by atoms with Gasteiger partial charge in [-0.2, -0.15) is 0 Å². The zero-order valence-electron chi connectivity index (χ0n) is 8.81. The number of halogens is 1. The Kier molecular flexibility index (Phi) is 3.36. The minimum Gasteiger partial charge on any atom is -0.378 e. The fourth-order valence-electron chi connectivity index (χ4n) is 1.67. The zero-order chi connectivity index (χ0) is 11.5. The van der Waals surface area contributed by atoms with Gasteiger partial charge in [0.25, 0.3) is 0 Å². The van der Waals surface area contributed by atoms with E-state index in [2.05, 4.69) is 15.3 Å². The number of hydrogen-bond acceptors (Lipinski definition) is 4. The number of amides is 1. The van der Waals surface area contributed by atoms with Crippen LogP contribution in [0, 0.1) is 5.92 Å². The van der Waals surface area contributed by atoms with Crippen LogP contribution in [-0.4, -0.2) is 28.6 Å². The Morgan fingerprint density at radius 1 is 1.56 bits per heavy atom. The first-order valence-corrected chi connectivity index (χ1v) is 5.44. The smallest absolute Gasteiger partial charge is 0.231 e. The summed E-state index contributed by atoms with van der Waals surface area (Å²) in [5, 5.41) is 2.99. The summed E-state index contributed by atoms with van der Waals surface area (Å²) >= 11 is 5.59. The predicted octanol–water partition coefficient (Wildman–Crippen LogP) is 1.49. The lowest BCUT2D eigenvalue weighted by Crippen LogP contribution is -2.28. The van der Waals surface area contributed by atoms with Gasteiger partial charge in [0.15, 0.2) is 5.82 Å². The van der Waals surface area contributed by atoms with Gasteiger partial charge >= 0.3 is 0 Å². The van der Waals surface area contributed by atoms with Crippen LogP contribution in [0.2, 0.25) is 5.15 Å². The lowest BCUT2D eigenvalue weighted by molar-refractivity contribution is -0.121. The molecule has 2 rings (SSSR count). The van der Waals surface area contributed by atoms with Crippen LogP contribution in [0.15, 0.2) is 12.4 Å². The fourth-order valence-corrected chi connectivity index (χ4v) is 1.77. The van der Waals surface area contributed by atoms with E-state index in [1.54, 1.807) is 0 Å². The molecule has 6 heteroatoms. The summed E-state index contributed by atoms with van der Waals surface area (Å²) in [6, 6.07) is 0. The molecule has 1 aromatic rings. The maximum absolute atomic E-state index is 11.8. The normalized spacial score (nSPS) is 24.4. The Labute approximate surface area is 98.2 Å². The molecule has 0 saturated carbocycles. The Morgan fingerprint density at radius 3 is 2.94 bits per heavy atom. The summed E-state index contributed by atoms with van der Waals surface area (Å²) in [6.07, 6.45) is 3.53. The van der Waals surface area contributed by atoms with E-state index >= 15 is 0 Å². The van der Waals surface area contributed by atoms with Gasteiger partial charge in [0.05, 0.1) is 24.4 Å². The van der Waals surface area contributed by atoms with Gasteiger partial charge in [-0.25, -0.2) is 9.97 Å². The van der Waals surface area contributed by atoms with Crippen LogP contribution < -0.4 is 5.32 Å². The van der Waals surface area contributed by atoms with Crippen LogP contribution in [0.3, 0.4) is 0 Å². The average molecular weight is 242 g/mol. The maximum atomic E-state index is 11.8. The molecule has 2 unspecified atom stereocenters. The lowest BCUT2D eigenvalue weighted by Gasteiger charge is -2.13. The average Bonchev–Trinajstić information content (AvgIpc) is 2.68. The number of nitrogens with zero attached hydrogens (tertiary/aromatic N) is 2. The minimum absolute atomic E-state index is 0.0414. The van der Waals surface area contributed by atoms with Crippen molar-refractivity contribution in [2.75, 3.05) is 11.9 Å². The Hall–Kier alpha value is -1.20. The SMILES string of the molecule is CC1OCCC1C(=O)Nc1cnc(Cl)cn1. The van der Waals surface area contributed by atoms with E-state index in [1.807, 2.05) is 6.92 Å². The molecule has 86 valence electrons. The summed E-state index contributed by atoms with van der Waals surface area (Å²) in [6.45, 7) is 2.52. The molecular formula is C10H12ClN3O2. The first-order chi connectivity index (χ1) is 7.66. The maximum Gasteiger partial charge on any atom is 0.231 e. The molecule has 1 N–H and O–H groups in total. The molecule has 1 aliphatic heterocycles. The summed E-state index contributed by atoms with van der Waals surface area (Å²) in [5.41, 5.74) is 0. The first kappa shape index (κ1) is 11.3. The molecule has 0 aromatic carbocycles. The topological polar surface area (TPSA) is 64.1 Å². The lowest BCUT2D eigenvalue weighted by atomic mass is 10.0. The molecule has 5 nitrogen and oxygen atoms in total. The summed E-state index contributed by atoms with van der Waals surface area (Å²) in [7, 11) is 0. The molecule has 1 fully saturated rings. The quantitative estimate of drug-likeness (QED) is 0.852. The number of anilines is 1. The number of carbonyl (C=O) groups is 1. The van der Waals surface area contributed by atoms with E-state index in [0.717, 1.165) is 6.42 Å². The van der Waals surface area contributed by atoms with E-state index in [1.165, 1.54) is 12.4 Å². The van der Waals surface area contributed by atoms with Crippen molar-refractivity contribution in [3.05, 3.63) is 17.5 Å². The van der Waals surface area contributed by atoms with Crippen molar-refractivity contribution in [3.8, 4) is 0 Å². The van der Waals surface area contributed by atoms with Crippen LogP contribution in [0.1, 0.15) is 13.3 Å². The van der Waals surface area contributed by atoms with Gasteiger partial charge in [-0.3, -0.25) is 4.79 Å². The molecule has 1 aromatic heterocycles. The second-order valence-electron chi connectivity index (χ2n) is 3.68. The van der Waals surface area contributed by atoms with Crippen LogP contribution >= 0.6 is 11.6 Å². The standard InChI is InChI=1S/C10H12ClN3O2/c1-6-7(2-3-16-6)10(15)14-9-5-12-8(11)4-13-9/h4-7H,2-3H2,1H3,(H,13,14,15). The number of aromatic nitrogens is 2. The number of hydrogen-bond donors (Lipinski definition) is 1. The third kappa shape index (κ3) is 2.48. The highest BCUT2D eigenvalue weighted by Crippen LogP contribution is 2.21. The Morgan fingerprint density at radius 2 is 2.38 bits per heavy atom. The number of rotatable bonds is 2. The molecular weight excluding hydrogens is 230 g/mol. The number of nitrogens with one attached hydrogen (secondary N) is 1. The molecule has 1 amide bonds. The largest absolute Gasteiger partial charge is 0.378 e. The van der Waals surface area contributed by atoms with Gasteiger partial charge in [0.2, 0.25) is 5.91 Å². The molecule has 0 aliphatic carbocycles. The molecule has 1 saturated heterocycles. The minimum atomic E-state index is -0.113. The van der Waals surface area contributed by atoms with Crippen LogP contribution in [0.5, 0.6) is 0 Å². The van der Waals surface area contributed by atoms with Crippen LogP contribution in [0.25, 0.3) is 0 Å². The van der Waals surface area contributed by atoms with E-state index < -0.39 is 0 Å².